The van der Waals surface area contributed by atoms with Crippen LogP contribution in [0.5, 0.6) is 0 Å². The molecule has 1 aliphatic heterocycles. The minimum Gasteiger partial charge on any atom is -0.481 e. The number of nitrogens with one attached hydrogen (secondary N) is 1. The lowest BCUT2D eigenvalue weighted by Crippen LogP contribution is -2.39. The number of benzene rings is 3. The summed E-state index contributed by atoms with van der Waals surface area (Å²) in [7, 11) is 0. The van der Waals surface area contributed by atoms with Gasteiger partial charge in [0.2, 0.25) is 5.91 Å². The number of fused-ring (bicyclic) bond motifs is 1. The third-order valence-electron chi connectivity index (χ3n) is 6.78. The number of para-hydroxylation sites is 2. The van der Waals surface area contributed by atoms with Gasteiger partial charge in [0.1, 0.15) is 5.82 Å². The van der Waals surface area contributed by atoms with Gasteiger partial charge in [-0.05, 0) is 36.1 Å². The van der Waals surface area contributed by atoms with Crippen molar-refractivity contribution >= 4 is 29.0 Å². The standard InChI is InChI=1S/C29H25FN2O4/c30-21-11-5-4-10-20(21)29-28-23(16-19(17-25(28)33)18-8-2-1-3-9-18)31-22-12-6-7-13-24(22)32(29)26(34)14-15-27(35)36/h1-13,19,29,31H,14-17H2,(H,35,36). The quantitative estimate of drug-likeness (QED) is 0.493. The molecule has 2 unspecified atom stereocenters. The van der Waals surface area contributed by atoms with Gasteiger partial charge in [-0.15, -0.1) is 0 Å². The van der Waals surface area contributed by atoms with Crippen LogP contribution in [0.1, 0.15) is 48.8 Å². The number of allylic oxidation sites excluding steroid dienone is 1. The number of rotatable bonds is 5. The Balaban J connectivity index is 1.70. The van der Waals surface area contributed by atoms with Crippen molar-refractivity contribution in [2.75, 3.05) is 10.2 Å². The zero-order valence-electron chi connectivity index (χ0n) is 19.5. The summed E-state index contributed by atoms with van der Waals surface area (Å²) in [6, 6.07) is 22.0. The van der Waals surface area contributed by atoms with Gasteiger partial charge in [0.15, 0.2) is 5.78 Å². The maximum Gasteiger partial charge on any atom is 0.303 e. The predicted octanol–water partition coefficient (Wildman–Crippen LogP) is 5.59. The monoisotopic (exact) mass is 484 g/mol. The number of anilines is 2. The molecule has 0 saturated carbocycles. The molecule has 2 aliphatic rings. The van der Waals surface area contributed by atoms with E-state index in [-0.39, 0.29) is 36.5 Å². The molecule has 1 amide bonds. The van der Waals surface area contributed by atoms with E-state index in [4.69, 9.17) is 0 Å². The van der Waals surface area contributed by atoms with Gasteiger partial charge in [-0.1, -0.05) is 60.7 Å². The summed E-state index contributed by atoms with van der Waals surface area (Å²) in [5.41, 5.74) is 3.29. The van der Waals surface area contributed by atoms with Crippen LogP contribution in [0.4, 0.5) is 15.8 Å². The van der Waals surface area contributed by atoms with Gasteiger partial charge in [0.05, 0.1) is 23.8 Å². The van der Waals surface area contributed by atoms with E-state index in [0.29, 0.717) is 29.1 Å². The minimum atomic E-state index is -1.11. The average Bonchev–Trinajstić information content (AvgIpc) is 3.02. The van der Waals surface area contributed by atoms with Crippen LogP contribution in [0.2, 0.25) is 0 Å². The highest BCUT2D eigenvalue weighted by atomic mass is 19.1. The van der Waals surface area contributed by atoms with Crippen molar-refractivity contribution in [3.8, 4) is 0 Å². The SMILES string of the molecule is O=C(O)CCC(=O)N1c2ccccc2NC2=C(C(=O)CC(c3ccccc3)C2)C1c1ccccc1F. The Bertz CT molecular complexity index is 1370. The fourth-order valence-corrected chi connectivity index (χ4v) is 5.15. The maximum absolute atomic E-state index is 15.3. The molecule has 36 heavy (non-hydrogen) atoms. The second kappa shape index (κ2) is 9.77. The Morgan fingerprint density at radius 3 is 2.36 bits per heavy atom. The molecule has 3 aromatic carbocycles. The van der Waals surface area contributed by atoms with E-state index < -0.39 is 23.7 Å². The van der Waals surface area contributed by atoms with Crippen LogP contribution in [0, 0.1) is 5.82 Å². The van der Waals surface area contributed by atoms with Crippen molar-refractivity contribution in [3.63, 3.8) is 0 Å². The summed E-state index contributed by atoms with van der Waals surface area (Å²) < 4.78 is 15.3. The normalized spacial score (nSPS) is 19.1. The van der Waals surface area contributed by atoms with Crippen LogP contribution < -0.4 is 10.2 Å². The fourth-order valence-electron chi connectivity index (χ4n) is 5.15. The largest absolute Gasteiger partial charge is 0.481 e. The third-order valence-corrected chi connectivity index (χ3v) is 6.78. The Morgan fingerprint density at radius 2 is 1.61 bits per heavy atom. The first kappa shape index (κ1) is 23.5. The number of ketones is 1. The van der Waals surface area contributed by atoms with Crippen LogP contribution in [-0.2, 0) is 14.4 Å². The molecule has 2 N–H and O–H groups in total. The molecule has 1 aliphatic carbocycles. The van der Waals surface area contributed by atoms with Crippen molar-refractivity contribution in [1.82, 2.24) is 0 Å². The first-order valence-corrected chi connectivity index (χ1v) is 11.9. The van der Waals surface area contributed by atoms with Crippen molar-refractivity contribution in [2.24, 2.45) is 0 Å². The first-order valence-electron chi connectivity index (χ1n) is 11.9. The highest BCUT2D eigenvalue weighted by Crippen LogP contribution is 2.48. The number of aliphatic carboxylic acids is 1. The van der Waals surface area contributed by atoms with Gasteiger partial charge in [-0.3, -0.25) is 19.3 Å². The lowest BCUT2D eigenvalue weighted by Gasteiger charge is -2.35. The molecular formula is C29H25FN2O4. The molecule has 182 valence electrons. The summed E-state index contributed by atoms with van der Waals surface area (Å²) >= 11 is 0. The van der Waals surface area contributed by atoms with Gasteiger partial charge in [0.25, 0.3) is 0 Å². The smallest absolute Gasteiger partial charge is 0.303 e. The number of hydrogen-bond acceptors (Lipinski definition) is 4. The van der Waals surface area contributed by atoms with Gasteiger partial charge in [-0.25, -0.2) is 4.39 Å². The van der Waals surface area contributed by atoms with Crippen molar-refractivity contribution in [1.29, 1.82) is 0 Å². The maximum atomic E-state index is 15.3. The first-order chi connectivity index (χ1) is 17.4. The second-order valence-electron chi connectivity index (χ2n) is 9.05. The van der Waals surface area contributed by atoms with Crippen LogP contribution in [0.3, 0.4) is 0 Å². The van der Waals surface area contributed by atoms with E-state index in [9.17, 15) is 19.5 Å². The summed E-state index contributed by atoms with van der Waals surface area (Å²) in [6.45, 7) is 0. The van der Waals surface area contributed by atoms with E-state index in [1.807, 2.05) is 36.4 Å². The van der Waals surface area contributed by atoms with Gasteiger partial charge < -0.3 is 10.4 Å². The Hall–Kier alpha value is -4.26. The topological polar surface area (TPSA) is 86.7 Å². The van der Waals surface area contributed by atoms with Crippen LogP contribution in [0.15, 0.2) is 90.1 Å². The molecule has 6 nitrogen and oxygen atoms in total. The predicted molar refractivity (Wildman–Crippen MR) is 134 cm³/mol. The molecule has 7 heteroatoms. The summed E-state index contributed by atoms with van der Waals surface area (Å²) in [5, 5.41) is 12.6. The second-order valence-corrected chi connectivity index (χ2v) is 9.05. The number of amides is 1. The number of carbonyl (C=O) groups excluding carboxylic acids is 2. The van der Waals surface area contributed by atoms with E-state index in [1.54, 1.807) is 36.4 Å². The molecule has 0 bridgehead atoms. The van der Waals surface area contributed by atoms with Gasteiger partial charge in [0, 0.05) is 29.7 Å². The van der Waals surface area contributed by atoms with Crippen LogP contribution in [0.25, 0.3) is 0 Å². The van der Waals surface area contributed by atoms with E-state index in [0.717, 1.165) is 5.56 Å². The third kappa shape index (κ3) is 4.40. The van der Waals surface area contributed by atoms with Crippen molar-refractivity contribution < 1.29 is 23.9 Å². The molecule has 0 fully saturated rings. The molecule has 0 radical (unpaired) electrons. The summed E-state index contributed by atoms with van der Waals surface area (Å²) in [6.07, 6.45) is 0.0907. The number of hydrogen-bond donors (Lipinski definition) is 2. The minimum absolute atomic E-state index is 0.0624. The highest BCUT2D eigenvalue weighted by molar-refractivity contribution is 6.06. The van der Waals surface area contributed by atoms with Crippen molar-refractivity contribution in [2.45, 2.75) is 37.6 Å². The zero-order valence-corrected chi connectivity index (χ0v) is 19.5. The molecule has 3 aromatic rings. The van der Waals surface area contributed by atoms with E-state index >= 15 is 4.39 Å². The van der Waals surface area contributed by atoms with E-state index in [1.165, 1.54) is 11.0 Å². The number of carbonyl (C=O) groups is 3. The van der Waals surface area contributed by atoms with Crippen LogP contribution >= 0.6 is 0 Å². The Labute approximate surface area is 208 Å². The Morgan fingerprint density at radius 1 is 0.917 bits per heavy atom. The molecule has 1 heterocycles. The molecule has 2 atom stereocenters. The summed E-state index contributed by atoms with van der Waals surface area (Å²) in [4.78, 5) is 40.0. The lowest BCUT2D eigenvalue weighted by atomic mass is 9.78. The molecule has 0 saturated heterocycles. The molecule has 0 aromatic heterocycles. The number of Topliss-reactive ketones (excluding diaryl/α,β-unsaturated/α-hetero) is 1. The number of halogens is 1. The lowest BCUT2D eigenvalue weighted by molar-refractivity contribution is -0.138. The van der Waals surface area contributed by atoms with E-state index in [2.05, 4.69) is 5.32 Å². The summed E-state index contributed by atoms with van der Waals surface area (Å²) in [5.74, 6) is -2.37. The highest BCUT2D eigenvalue weighted by Gasteiger charge is 2.42. The molecular weight excluding hydrogens is 459 g/mol. The Kier molecular flexibility index (Phi) is 6.38. The van der Waals surface area contributed by atoms with Gasteiger partial charge >= 0.3 is 5.97 Å². The molecule has 0 spiro atoms. The van der Waals surface area contributed by atoms with Crippen molar-refractivity contribution in [3.05, 3.63) is 107 Å². The molecule has 5 rings (SSSR count). The zero-order chi connectivity index (χ0) is 25.2. The number of carboxylic acid groups (broad SMARTS) is 1. The fraction of sp³-hybridized carbons (Fsp3) is 0.207. The van der Waals surface area contributed by atoms with Gasteiger partial charge in [-0.2, -0.15) is 0 Å². The average molecular weight is 485 g/mol. The number of nitrogens with zero attached hydrogens (tertiary/aromatic N) is 1. The number of carboxylic acids is 1. The van der Waals surface area contributed by atoms with Crippen LogP contribution in [-0.4, -0.2) is 22.8 Å².